The molecule has 0 aliphatic heterocycles. The lowest BCUT2D eigenvalue weighted by Crippen LogP contribution is -2.23. The Balaban J connectivity index is 1.79. The van der Waals surface area contributed by atoms with Gasteiger partial charge in [0, 0.05) is 24.8 Å². The van der Waals surface area contributed by atoms with Crippen LogP contribution in [-0.2, 0) is 0 Å². The third-order valence-corrected chi connectivity index (χ3v) is 2.87. The Kier molecular flexibility index (Phi) is 3.66. The fraction of sp³-hybridized carbons (Fsp3) is 0.417. The van der Waals surface area contributed by atoms with E-state index in [9.17, 15) is 0 Å². The van der Waals surface area contributed by atoms with Crippen molar-refractivity contribution in [1.82, 2.24) is 5.32 Å². The van der Waals surface area contributed by atoms with E-state index in [0.717, 1.165) is 24.8 Å². The molecule has 0 saturated heterocycles. The van der Waals surface area contributed by atoms with Crippen LogP contribution < -0.4 is 10.6 Å². The molecule has 2 rings (SSSR count). The first-order valence-corrected chi connectivity index (χ1v) is 5.84. The Morgan fingerprint density at radius 1 is 1.38 bits per heavy atom. The summed E-state index contributed by atoms with van der Waals surface area (Å²) in [5.41, 5.74) is 1.48. The summed E-state index contributed by atoms with van der Waals surface area (Å²) in [5, 5.41) is 15.9. The second-order valence-electron chi connectivity index (χ2n) is 3.96. The number of nitrogens with one attached hydrogen (secondary N) is 2. The molecule has 1 aliphatic carbocycles. The maximum absolute atomic E-state index is 8.73. The summed E-state index contributed by atoms with van der Waals surface area (Å²) in [6.45, 7) is 1.83. The molecule has 16 heavy (non-hydrogen) atoms. The molecule has 2 N–H and O–H groups in total. The number of hydrogen-bond acceptors (Lipinski definition) is 3. The quantitative estimate of drug-likeness (QED) is 0.771. The molecule has 0 bridgehead atoms. The zero-order chi connectivity index (χ0) is 11.4. The SMILES string of the molecule is N#Cc1ccc(NCCNC2CC2)cc1Cl. The van der Waals surface area contributed by atoms with E-state index < -0.39 is 0 Å². The van der Waals surface area contributed by atoms with Gasteiger partial charge in [-0.3, -0.25) is 0 Å². The molecule has 0 radical (unpaired) electrons. The number of halogens is 1. The Hall–Kier alpha value is -1.24. The van der Waals surface area contributed by atoms with Gasteiger partial charge in [-0.05, 0) is 31.0 Å². The highest BCUT2D eigenvalue weighted by molar-refractivity contribution is 6.32. The van der Waals surface area contributed by atoms with Crippen LogP contribution in [-0.4, -0.2) is 19.1 Å². The summed E-state index contributed by atoms with van der Waals surface area (Å²) in [6, 6.07) is 8.18. The van der Waals surface area contributed by atoms with Gasteiger partial charge in [0.2, 0.25) is 0 Å². The van der Waals surface area contributed by atoms with Crippen LogP contribution in [0.4, 0.5) is 5.69 Å². The third-order valence-electron chi connectivity index (χ3n) is 2.55. The Morgan fingerprint density at radius 2 is 2.19 bits per heavy atom. The first kappa shape index (κ1) is 11.3. The zero-order valence-electron chi connectivity index (χ0n) is 8.96. The van der Waals surface area contributed by atoms with Crippen molar-refractivity contribution < 1.29 is 0 Å². The van der Waals surface area contributed by atoms with E-state index in [1.54, 1.807) is 12.1 Å². The third kappa shape index (κ3) is 3.13. The summed E-state index contributed by atoms with van der Waals surface area (Å²) in [6.07, 6.45) is 2.62. The lowest BCUT2D eigenvalue weighted by molar-refractivity contribution is 0.701. The normalized spacial score (nSPS) is 14.5. The number of benzene rings is 1. The molecule has 0 atom stereocenters. The summed E-state index contributed by atoms with van der Waals surface area (Å²) < 4.78 is 0. The van der Waals surface area contributed by atoms with Crippen molar-refractivity contribution in [3.8, 4) is 6.07 Å². The maximum Gasteiger partial charge on any atom is 0.101 e. The Bertz CT molecular complexity index is 407. The molecule has 0 unspecified atom stereocenters. The first-order valence-electron chi connectivity index (χ1n) is 5.46. The molecule has 1 fully saturated rings. The molecule has 4 heteroatoms. The average molecular weight is 236 g/mol. The van der Waals surface area contributed by atoms with Crippen LogP contribution in [0.2, 0.25) is 5.02 Å². The summed E-state index contributed by atoms with van der Waals surface area (Å²) >= 11 is 5.92. The van der Waals surface area contributed by atoms with Gasteiger partial charge in [-0.15, -0.1) is 0 Å². The van der Waals surface area contributed by atoms with Crippen molar-refractivity contribution in [3.63, 3.8) is 0 Å². The molecule has 0 amide bonds. The van der Waals surface area contributed by atoms with Gasteiger partial charge in [-0.25, -0.2) is 0 Å². The minimum Gasteiger partial charge on any atom is -0.384 e. The topological polar surface area (TPSA) is 47.9 Å². The summed E-state index contributed by atoms with van der Waals surface area (Å²) in [5.74, 6) is 0. The number of hydrogen-bond donors (Lipinski definition) is 2. The van der Waals surface area contributed by atoms with Crippen LogP contribution in [0.25, 0.3) is 0 Å². The number of anilines is 1. The Labute approximate surface area is 100 Å². The van der Waals surface area contributed by atoms with E-state index in [-0.39, 0.29) is 0 Å². The van der Waals surface area contributed by atoms with E-state index >= 15 is 0 Å². The number of nitriles is 1. The lowest BCUT2D eigenvalue weighted by atomic mass is 10.2. The summed E-state index contributed by atoms with van der Waals surface area (Å²) in [4.78, 5) is 0. The maximum atomic E-state index is 8.73. The monoisotopic (exact) mass is 235 g/mol. The van der Waals surface area contributed by atoms with Crippen LogP contribution in [0.3, 0.4) is 0 Å². The van der Waals surface area contributed by atoms with Gasteiger partial charge in [0.1, 0.15) is 6.07 Å². The van der Waals surface area contributed by atoms with E-state index in [1.807, 2.05) is 12.1 Å². The second-order valence-corrected chi connectivity index (χ2v) is 4.37. The lowest BCUT2D eigenvalue weighted by Gasteiger charge is -2.07. The molecule has 1 aromatic rings. The van der Waals surface area contributed by atoms with Crippen LogP contribution in [0, 0.1) is 11.3 Å². The minimum atomic E-state index is 0.502. The standard InChI is InChI=1S/C12H14ClN3/c13-12-7-11(2-1-9(12)8-14)16-6-5-15-10-3-4-10/h1-2,7,10,15-16H,3-6H2. The van der Waals surface area contributed by atoms with Crippen molar-refractivity contribution in [1.29, 1.82) is 5.26 Å². The Morgan fingerprint density at radius 3 is 2.81 bits per heavy atom. The largest absolute Gasteiger partial charge is 0.384 e. The molecule has 0 aromatic heterocycles. The van der Waals surface area contributed by atoms with E-state index in [4.69, 9.17) is 16.9 Å². The van der Waals surface area contributed by atoms with Crippen molar-refractivity contribution >= 4 is 17.3 Å². The van der Waals surface area contributed by atoms with E-state index in [2.05, 4.69) is 10.6 Å². The molecule has 1 aliphatic rings. The molecule has 84 valence electrons. The number of rotatable bonds is 5. The van der Waals surface area contributed by atoms with Crippen LogP contribution >= 0.6 is 11.6 Å². The van der Waals surface area contributed by atoms with Gasteiger partial charge in [0.05, 0.1) is 10.6 Å². The molecule has 1 aromatic carbocycles. The smallest absolute Gasteiger partial charge is 0.101 e. The molecule has 3 nitrogen and oxygen atoms in total. The fourth-order valence-electron chi connectivity index (χ4n) is 1.49. The highest BCUT2D eigenvalue weighted by Crippen LogP contribution is 2.20. The summed E-state index contributed by atoms with van der Waals surface area (Å²) in [7, 11) is 0. The minimum absolute atomic E-state index is 0.502. The molecule has 0 heterocycles. The van der Waals surface area contributed by atoms with Crippen molar-refractivity contribution in [2.75, 3.05) is 18.4 Å². The van der Waals surface area contributed by atoms with Crippen LogP contribution in [0.1, 0.15) is 18.4 Å². The second kappa shape index (κ2) is 5.20. The molecule has 0 spiro atoms. The first-order chi connectivity index (χ1) is 7.79. The van der Waals surface area contributed by atoms with Gasteiger partial charge < -0.3 is 10.6 Å². The van der Waals surface area contributed by atoms with Gasteiger partial charge >= 0.3 is 0 Å². The molecular formula is C12H14ClN3. The predicted molar refractivity (Wildman–Crippen MR) is 65.7 cm³/mol. The molecule has 1 saturated carbocycles. The molecular weight excluding hydrogens is 222 g/mol. The van der Waals surface area contributed by atoms with E-state index in [1.165, 1.54) is 12.8 Å². The van der Waals surface area contributed by atoms with Crippen LogP contribution in [0.15, 0.2) is 18.2 Å². The predicted octanol–water partition coefficient (Wildman–Crippen LogP) is 2.38. The van der Waals surface area contributed by atoms with E-state index in [0.29, 0.717) is 10.6 Å². The van der Waals surface area contributed by atoms with Crippen molar-refractivity contribution in [3.05, 3.63) is 28.8 Å². The van der Waals surface area contributed by atoms with Gasteiger partial charge in [-0.2, -0.15) is 5.26 Å². The van der Waals surface area contributed by atoms with Crippen LogP contribution in [0.5, 0.6) is 0 Å². The highest BCUT2D eigenvalue weighted by Gasteiger charge is 2.19. The fourth-order valence-corrected chi connectivity index (χ4v) is 1.71. The van der Waals surface area contributed by atoms with Crippen molar-refractivity contribution in [2.24, 2.45) is 0 Å². The van der Waals surface area contributed by atoms with Gasteiger partial charge in [-0.1, -0.05) is 11.6 Å². The van der Waals surface area contributed by atoms with Crippen molar-refractivity contribution in [2.45, 2.75) is 18.9 Å². The number of nitrogens with zero attached hydrogens (tertiary/aromatic N) is 1. The average Bonchev–Trinajstić information content (AvgIpc) is 3.08. The highest BCUT2D eigenvalue weighted by atomic mass is 35.5. The van der Waals surface area contributed by atoms with Gasteiger partial charge in [0.15, 0.2) is 0 Å². The van der Waals surface area contributed by atoms with Gasteiger partial charge in [0.25, 0.3) is 0 Å². The zero-order valence-corrected chi connectivity index (χ0v) is 9.72.